The lowest BCUT2D eigenvalue weighted by Crippen LogP contribution is -3.11. The van der Waals surface area contributed by atoms with Gasteiger partial charge in [-0.3, -0.25) is 14.5 Å². The maximum atomic E-state index is 13.5. The van der Waals surface area contributed by atoms with Crippen molar-refractivity contribution in [2.24, 2.45) is 20.5 Å². The third-order valence-corrected chi connectivity index (χ3v) is 14.9. The van der Waals surface area contributed by atoms with Crippen molar-refractivity contribution in [2.75, 3.05) is 65.0 Å². The SMILES string of the molecule is CCCc1ccc(C)n1-c1ccc(Nc2ccc(N=NC3N(C)C=C[NH+]3CCCN(C)C(=O)c3ccc(C(=O)N(C)CCC[NH+]4C=C[N+](C)=C4N=Nc4ccc(Nc5ccc(-n6c(C)ccc6CCC)cc5)cc4O)cc3)cc2)cc1. The topological polar surface area (TPSA) is 159 Å². The predicted octanol–water partition coefficient (Wildman–Crippen LogP) is 10.4. The van der Waals surface area contributed by atoms with E-state index in [2.05, 4.69) is 130 Å². The van der Waals surface area contributed by atoms with Crippen LogP contribution in [0.2, 0.25) is 0 Å². The van der Waals surface area contributed by atoms with Crippen molar-refractivity contribution >= 4 is 51.9 Å². The van der Waals surface area contributed by atoms with Gasteiger partial charge in [0.1, 0.15) is 29.5 Å². The lowest BCUT2D eigenvalue weighted by molar-refractivity contribution is -0.877. The number of hydrogen-bond donors (Lipinski definition) is 5. The lowest BCUT2D eigenvalue weighted by atomic mass is 10.1. The molecule has 4 heterocycles. The van der Waals surface area contributed by atoms with Crippen molar-refractivity contribution in [3.05, 3.63) is 198 Å². The Bertz CT molecular complexity index is 3450. The quantitative estimate of drug-likeness (QED) is 0.0317. The monoisotopic (exact) mass is 1090 g/mol. The number of azo groups is 2. The van der Waals surface area contributed by atoms with Gasteiger partial charge in [0.05, 0.1) is 32.0 Å². The molecule has 7 aromatic rings. The van der Waals surface area contributed by atoms with Crippen LogP contribution in [0.1, 0.15) is 83.0 Å². The molecule has 3 unspecified atom stereocenters. The number of rotatable bonds is 23. The highest BCUT2D eigenvalue weighted by Gasteiger charge is 2.31. The summed E-state index contributed by atoms with van der Waals surface area (Å²) in [6.45, 7) is 11.2. The fraction of sp³-hybridized carbons (Fsp3) is 0.297. The van der Waals surface area contributed by atoms with Crippen LogP contribution in [-0.4, -0.2) is 112 Å². The van der Waals surface area contributed by atoms with Gasteiger partial charge in [-0.2, -0.15) is 9.48 Å². The molecule has 5 aromatic carbocycles. The zero-order valence-corrected chi connectivity index (χ0v) is 48.0. The zero-order chi connectivity index (χ0) is 57.0. The number of hydrogen-bond acceptors (Lipinski definition) is 10. The molecule has 0 bridgehead atoms. The van der Waals surface area contributed by atoms with E-state index in [1.807, 2.05) is 91.7 Å². The Balaban J connectivity index is 0.690. The summed E-state index contributed by atoms with van der Waals surface area (Å²) in [5.74, 6) is 0.463. The minimum atomic E-state index is -0.218. The number of benzene rings is 5. The number of nitrogens with zero attached hydrogens (tertiary/aromatic N) is 10. The smallest absolute Gasteiger partial charge is 0.505 e. The molecule has 0 radical (unpaired) electrons. The molecule has 2 aromatic heterocycles. The van der Waals surface area contributed by atoms with Crippen molar-refractivity contribution in [2.45, 2.75) is 72.5 Å². The molecule has 0 spiro atoms. The number of carbonyl (C=O) groups is 2. The highest BCUT2D eigenvalue weighted by Crippen LogP contribution is 2.32. The van der Waals surface area contributed by atoms with E-state index in [1.165, 1.54) is 22.8 Å². The summed E-state index contributed by atoms with van der Waals surface area (Å²) in [5.41, 5.74) is 13.1. The van der Waals surface area contributed by atoms with Gasteiger partial charge in [-0.1, -0.05) is 26.7 Å². The van der Waals surface area contributed by atoms with Crippen LogP contribution in [-0.2, 0) is 12.8 Å². The van der Waals surface area contributed by atoms with Gasteiger partial charge in [-0.15, -0.1) is 10.2 Å². The number of aromatic hydroxyl groups is 1. The van der Waals surface area contributed by atoms with Gasteiger partial charge in [-0.05, 0) is 165 Å². The number of guanidine groups is 1. The summed E-state index contributed by atoms with van der Waals surface area (Å²) >= 11 is 0. The fourth-order valence-electron chi connectivity index (χ4n) is 10.4. The van der Waals surface area contributed by atoms with Crippen LogP contribution in [0.3, 0.4) is 0 Å². The van der Waals surface area contributed by atoms with Crippen LogP contribution in [0, 0.1) is 13.8 Å². The Labute approximate surface area is 476 Å². The van der Waals surface area contributed by atoms with Crippen LogP contribution >= 0.6 is 0 Å². The highest BCUT2D eigenvalue weighted by atomic mass is 16.3. The van der Waals surface area contributed by atoms with Gasteiger partial charge in [0, 0.05) is 121 Å². The number of quaternary nitrogens is 2. The first kappa shape index (κ1) is 56.8. The third-order valence-electron chi connectivity index (χ3n) is 14.9. The summed E-state index contributed by atoms with van der Waals surface area (Å²) in [4.78, 5) is 34.6. The summed E-state index contributed by atoms with van der Waals surface area (Å²) in [6.07, 6.45) is 13.5. The van der Waals surface area contributed by atoms with E-state index in [-0.39, 0.29) is 23.9 Å². The minimum absolute atomic E-state index is 0.0114. The molecule has 2 aliphatic rings. The Hall–Kier alpha value is -8.93. The highest BCUT2D eigenvalue weighted by molar-refractivity contribution is 5.97. The number of anilines is 4. The van der Waals surface area contributed by atoms with Crippen LogP contribution in [0.4, 0.5) is 34.1 Å². The molecule has 5 N–H and O–H groups in total. The van der Waals surface area contributed by atoms with Crippen molar-refractivity contribution in [3.8, 4) is 17.1 Å². The van der Waals surface area contributed by atoms with E-state index in [9.17, 15) is 14.7 Å². The maximum Gasteiger partial charge on any atom is 0.524 e. The molecular weight excluding hydrogens is 1010 g/mol. The number of aromatic nitrogens is 2. The normalized spacial score (nSPS) is 15.9. The van der Waals surface area contributed by atoms with Gasteiger partial charge in [0.2, 0.25) is 0 Å². The minimum Gasteiger partial charge on any atom is -0.505 e. The molecule has 418 valence electrons. The number of amides is 2. The standard InChI is InChI=1S/C64H74N14O3/c1-9-13-55-30-15-46(3)77(55)57-32-25-51(26-33-57)65-50-21-23-53(24-22-50)67-69-63-73(7)41-43-75(63)39-11-37-71(5)61(80)48-17-19-49(20-18-48)62(81)72(6)38-12-40-76-44-42-74(8)64(76)70-68-59-36-29-54(45-60(59)79)66-52-27-34-58(35-28-52)78-47(4)16-31-56(78)14-10-2/h15-36,41-45,63H,9-14,37-40H2,1-8H3,(H2,65,66,69,79)/p+3. The number of nitrogens with one attached hydrogen (secondary N) is 4. The molecule has 0 aliphatic carbocycles. The number of phenolic OH excluding ortho intramolecular Hbond substituents is 1. The molecule has 0 saturated carbocycles. The second kappa shape index (κ2) is 26.4. The Kier molecular flexibility index (Phi) is 18.5. The van der Waals surface area contributed by atoms with Gasteiger partial charge in [0.15, 0.2) is 5.69 Å². The second-order valence-electron chi connectivity index (χ2n) is 21.1. The Morgan fingerprint density at radius 3 is 1.67 bits per heavy atom. The molecule has 0 saturated heterocycles. The van der Waals surface area contributed by atoms with E-state index in [0.29, 0.717) is 48.8 Å². The van der Waals surface area contributed by atoms with Gasteiger partial charge in [-0.25, -0.2) is 0 Å². The van der Waals surface area contributed by atoms with Gasteiger partial charge < -0.3 is 39.6 Å². The third kappa shape index (κ3) is 13.9. The van der Waals surface area contributed by atoms with Crippen molar-refractivity contribution in [3.63, 3.8) is 0 Å². The van der Waals surface area contributed by atoms with Gasteiger partial charge >= 0.3 is 5.96 Å². The molecule has 81 heavy (non-hydrogen) atoms. The number of carbonyl (C=O) groups excluding carboxylic acids is 2. The van der Waals surface area contributed by atoms with E-state index in [4.69, 9.17) is 5.11 Å². The molecule has 2 aliphatic heterocycles. The Morgan fingerprint density at radius 2 is 1.14 bits per heavy atom. The largest absolute Gasteiger partial charge is 0.524 e. The first-order chi connectivity index (χ1) is 39.3. The summed E-state index contributed by atoms with van der Waals surface area (Å²) < 4.78 is 6.51. The van der Waals surface area contributed by atoms with E-state index < -0.39 is 0 Å². The van der Waals surface area contributed by atoms with Crippen LogP contribution in [0.25, 0.3) is 11.4 Å². The summed E-state index contributed by atoms with van der Waals surface area (Å²) in [7, 11) is 7.50. The van der Waals surface area contributed by atoms with E-state index in [1.54, 1.807) is 53.2 Å². The average Bonchev–Trinajstić information content (AvgIpc) is 4.25. The van der Waals surface area contributed by atoms with Crippen LogP contribution < -0.4 is 20.4 Å². The van der Waals surface area contributed by atoms with Crippen molar-refractivity contribution < 1.29 is 29.1 Å². The first-order valence-electron chi connectivity index (χ1n) is 28.1. The molecule has 3 atom stereocenters. The fourth-order valence-corrected chi connectivity index (χ4v) is 10.4. The molecule has 0 fully saturated rings. The Morgan fingerprint density at radius 1 is 0.630 bits per heavy atom. The maximum absolute atomic E-state index is 13.5. The van der Waals surface area contributed by atoms with Crippen molar-refractivity contribution in [1.82, 2.24) is 23.8 Å². The first-order valence-corrected chi connectivity index (χ1v) is 28.1. The molecule has 17 nitrogen and oxygen atoms in total. The zero-order valence-electron chi connectivity index (χ0n) is 48.0. The summed E-state index contributed by atoms with van der Waals surface area (Å²) in [5, 5.41) is 36.1. The molecule has 2 amide bonds. The van der Waals surface area contributed by atoms with Crippen molar-refractivity contribution in [1.29, 1.82) is 0 Å². The van der Waals surface area contributed by atoms with Crippen LogP contribution in [0.5, 0.6) is 5.75 Å². The predicted molar refractivity (Wildman–Crippen MR) is 321 cm³/mol. The van der Waals surface area contributed by atoms with E-state index in [0.717, 1.165) is 88.3 Å². The number of phenols is 1. The van der Waals surface area contributed by atoms with Crippen LogP contribution in [0.15, 0.2) is 185 Å². The van der Waals surface area contributed by atoms with Gasteiger partial charge in [0.25, 0.3) is 18.1 Å². The number of aryl methyl sites for hydroxylation is 4. The summed E-state index contributed by atoms with van der Waals surface area (Å²) in [6, 6.07) is 45.7. The molecule has 17 heteroatoms. The van der Waals surface area contributed by atoms with E-state index >= 15 is 0 Å². The average molecular weight is 1090 g/mol. The molecule has 9 rings (SSSR count). The second-order valence-corrected chi connectivity index (χ2v) is 21.1. The molecular formula is C64H77N14O3+3. The lowest BCUT2D eigenvalue weighted by Gasteiger charge is -2.22.